The Bertz CT molecular complexity index is 498. The number of carbonyl (C=O) groups excluding carboxylic acids is 2. The second-order valence-electron chi connectivity index (χ2n) is 5.25. The molecule has 0 radical (unpaired) electrons. The van der Waals surface area contributed by atoms with Crippen LogP contribution in [0.15, 0.2) is 24.3 Å². The number of ether oxygens (including phenoxy) is 1. The van der Waals surface area contributed by atoms with Crippen molar-refractivity contribution in [3.05, 3.63) is 35.4 Å². The van der Waals surface area contributed by atoms with Gasteiger partial charge in [0.15, 0.2) is 0 Å². The molecule has 0 unspecified atom stereocenters. The first-order chi connectivity index (χ1) is 10.2. The molecule has 0 spiro atoms. The van der Waals surface area contributed by atoms with Crippen molar-refractivity contribution in [2.75, 3.05) is 20.3 Å². The van der Waals surface area contributed by atoms with Gasteiger partial charge >= 0.3 is 5.97 Å². The predicted octanol–water partition coefficient (Wildman–Crippen LogP) is 1.39. The van der Waals surface area contributed by atoms with E-state index < -0.39 is 0 Å². The molecule has 2 rings (SSSR count). The summed E-state index contributed by atoms with van der Waals surface area (Å²) in [6.45, 7) is 0.711. The van der Waals surface area contributed by atoms with E-state index in [1.807, 2.05) is 12.1 Å². The molecule has 114 valence electrons. The minimum absolute atomic E-state index is 0.0146. The van der Waals surface area contributed by atoms with Crippen LogP contribution in [-0.2, 0) is 16.0 Å². The zero-order chi connectivity index (χ0) is 15.2. The Balaban J connectivity index is 1.83. The standard InChI is InChI=1S/C16H21NO4/c1-21-16(20)13-6-4-12(5-7-13)3-2-10-17-14(11-18)8-9-15(17)19/h4-7,14,18H,2-3,8-11H2,1H3/t14-/m1/s1. The molecule has 5 heteroatoms. The molecule has 1 N–H and O–H groups in total. The van der Waals surface area contributed by atoms with Crippen LogP contribution in [-0.4, -0.2) is 48.2 Å². The van der Waals surface area contributed by atoms with Crippen LogP contribution in [0.25, 0.3) is 0 Å². The van der Waals surface area contributed by atoms with Gasteiger partial charge < -0.3 is 14.7 Å². The third-order valence-corrected chi connectivity index (χ3v) is 3.90. The Hall–Kier alpha value is -1.88. The van der Waals surface area contributed by atoms with E-state index in [9.17, 15) is 14.7 Å². The molecule has 0 aliphatic carbocycles. The molecule has 1 aliphatic heterocycles. The number of benzene rings is 1. The number of aliphatic hydroxyl groups is 1. The molecule has 1 aliphatic rings. The van der Waals surface area contributed by atoms with Crippen molar-refractivity contribution in [2.24, 2.45) is 0 Å². The predicted molar refractivity (Wildman–Crippen MR) is 77.9 cm³/mol. The third-order valence-electron chi connectivity index (χ3n) is 3.90. The van der Waals surface area contributed by atoms with E-state index in [0.29, 0.717) is 18.5 Å². The van der Waals surface area contributed by atoms with E-state index in [-0.39, 0.29) is 24.5 Å². The normalized spacial score (nSPS) is 18.1. The van der Waals surface area contributed by atoms with Crippen molar-refractivity contribution in [1.82, 2.24) is 4.90 Å². The fraction of sp³-hybridized carbons (Fsp3) is 0.500. The summed E-state index contributed by atoms with van der Waals surface area (Å²) in [7, 11) is 1.36. The number of esters is 1. The zero-order valence-corrected chi connectivity index (χ0v) is 12.2. The van der Waals surface area contributed by atoms with Crippen LogP contribution >= 0.6 is 0 Å². The summed E-state index contributed by atoms with van der Waals surface area (Å²) < 4.78 is 4.65. The molecule has 1 aromatic carbocycles. The van der Waals surface area contributed by atoms with Crippen molar-refractivity contribution in [3.8, 4) is 0 Å². The van der Waals surface area contributed by atoms with Crippen molar-refractivity contribution >= 4 is 11.9 Å². The van der Waals surface area contributed by atoms with Crippen LogP contribution in [0.1, 0.15) is 35.2 Å². The van der Waals surface area contributed by atoms with Gasteiger partial charge in [-0.25, -0.2) is 4.79 Å². The maximum atomic E-state index is 11.7. The Morgan fingerprint density at radius 1 is 1.38 bits per heavy atom. The van der Waals surface area contributed by atoms with E-state index in [0.717, 1.165) is 24.8 Å². The van der Waals surface area contributed by atoms with E-state index in [1.54, 1.807) is 17.0 Å². The van der Waals surface area contributed by atoms with Gasteiger partial charge in [-0.15, -0.1) is 0 Å². The highest BCUT2D eigenvalue weighted by Crippen LogP contribution is 2.19. The van der Waals surface area contributed by atoms with E-state index >= 15 is 0 Å². The van der Waals surface area contributed by atoms with Crippen molar-refractivity contribution < 1.29 is 19.4 Å². The van der Waals surface area contributed by atoms with Gasteiger partial charge in [0.2, 0.25) is 5.91 Å². The molecule has 1 saturated heterocycles. The number of aliphatic hydroxyl groups excluding tert-OH is 1. The molecule has 1 heterocycles. The van der Waals surface area contributed by atoms with E-state index in [4.69, 9.17) is 0 Å². The molecular weight excluding hydrogens is 270 g/mol. The summed E-state index contributed by atoms with van der Waals surface area (Å²) in [5.74, 6) is -0.204. The van der Waals surface area contributed by atoms with Crippen LogP contribution in [0.3, 0.4) is 0 Å². The van der Waals surface area contributed by atoms with Gasteiger partial charge in [-0.05, 0) is 37.0 Å². The average molecular weight is 291 g/mol. The quantitative estimate of drug-likeness (QED) is 0.804. The smallest absolute Gasteiger partial charge is 0.337 e. The Labute approximate surface area is 124 Å². The number of methoxy groups -OCH3 is 1. The third kappa shape index (κ3) is 3.82. The van der Waals surface area contributed by atoms with Crippen LogP contribution in [0.4, 0.5) is 0 Å². The first kappa shape index (κ1) is 15.5. The zero-order valence-electron chi connectivity index (χ0n) is 12.2. The maximum Gasteiger partial charge on any atom is 0.337 e. The van der Waals surface area contributed by atoms with E-state index in [1.165, 1.54) is 7.11 Å². The minimum Gasteiger partial charge on any atom is -0.465 e. The van der Waals surface area contributed by atoms with Crippen molar-refractivity contribution in [2.45, 2.75) is 31.7 Å². The van der Waals surface area contributed by atoms with Crippen molar-refractivity contribution in [1.29, 1.82) is 0 Å². The molecule has 0 bridgehead atoms. The Morgan fingerprint density at radius 3 is 2.71 bits per heavy atom. The van der Waals surface area contributed by atoms with Gasteiger partial charge in [-0.3, -0.25) is 4.79 Å². The van der Waals surface area contributed by atoms with Gasteiger partial charge in [0, 0.05) is 13.0 Å². The number of hydrogen-bond donors (Lipinski definition) is 1. The molecule has 1 amide bonds. The number of aryl methyl sites for hydroxylation is 1. The molecule has 5 nitrogen and oxygen atoms in total. The lowest BCUT2D eigenvalue weighted by Gasteiger charge is -2.23. The lowest BCUT2D eigenvalue weighted by atomic mass is 10.1. The number of hydrogen-bond acceptors (Lipinski definition) is 4. The van der Waals surface area contributed by atoms with E-state index in [2.05, 4.69) is 4.74 Å². The minimum atomic E-state index is -0.338. The highest BCUT2D eigenvalue weighted by Gasteiger charge is 2.29. The Kier molecular flexibility index (Phi) is 5.33. The molecule has 0 saturated carbocycles. The number of amides is 1. The SMILES string of the molecule is COC(=O)c1ccc(CCCN2C(=O)CC[C@@H]2CO)cc1. The largest absolute Gasteiger partial charge is 0.465 e. The van der Waals surface area contributed by atoms with Gasteiger partial charge in [0.25, 0.3) is 0 Å². The van der Waals surface area contributed by atoms with Gasteiger partial charge in [0.05, 0.1) is 25.3 Å². The molecule has 1 aromatic rings. The summed E-state index contributed by atoms with van der Waals surface area (Å²) in [6.07, 6.45) is 2.98. The van der Waals surface area contributed by atoms with Gasteiger partial charge in [0.1, 0.15) is 0 Å². The highest BCUT2D eigenvalue weighted by atomic mass is 16.5. The Morgan fingerprint density at radius 2 is 2.10 bits per heavy atom. The van der Waals surface area contributed by atoms with Crippen LogP contribution < -0.4 is 0 Å². The molecule has 1 atom stereocenters. The topological polar surface area (TPSA) is 66.8 Å². The summed E-state index contributed by atoms with van der Waals surface area (Å²) >= 11 is 0. The maximum absolute atomic E-state index is 11.7. The second kappa shape index (κ2) is 7.22. The molecule has 0 aromatic heterocycles. The fourth-order valence-electron chi connectivity index (χ4n) is 2.67. The number of carbonyl (C=O) groups is 2. The van der Waals surface area contributed by atoms with Crippen LogP contribution in [0.5, 0.6) is 0 Å². The average Bonchev–Trinajstić information content (AvgIpc) is 2.87. The first-order valence-electron chi connectivity index (χ1n) is 7.23. The number of rotatable bonds is 6. The summed E-state index contributed by atoms with van der Waals surface area (Å²) in [5.41, 5.74) is 1.66. The molecule has 1 fully saturated rings. The summed E-state index contributed by atoms with van der Waals surface area (Å²) in [5, 5.41) is 9.24. The fourth-order valence-corrected chi connectivity index (χ4v) is 2.67. The lowest BCUT2D eigenvalue weighted by molar-refractivity contribution is -0.129. The van der Waals surface area contributed by atoms with Crippen LogP contribution in [0, 0.1) is 0 Å². The van der Waals surface area contributed by atoms with Gasteiger partial charge in [-0.1, -0.05) is 12.1 Å². The number of nitrogens with zero attached hydrogens (tertiary/aromatic N) is 1. The van der Waals surface area contributed by atoms with Crippen LogP contribution in [0.2, 0.25) is 0 Å². The number of likely N-dealkylation sites (tertiary alicyclic amines) is 1. The first-order valence-corrected chi connectivity index (χ1v) is 7.23. The monoisotopic (exact) mass is 291 g/mol. The summed E-state index contributed by atoms with van der Waals surface area (Å²) in [4.78, 5) is 24.8. The summed E-state index contributed by atoms with van der Waals surface area (Å²) in [6, 6.07) is 7.29. The molecular formula is C16H21NO4. The highest BCUT2D eigenvalue weighted by molar-refractivity contribution is 5.89. The lowest BCUT2D eigenvalue weighted by Crippen LogP contribution is -2.36. The second-order valence-corrected chi connectivity index (χ2v) is 5.25. The molecule has 21 heavy (non-hydrogen) atoms. The van der Waals surface area contributed by atoms with Crippen molar-refractivity contribution in [3.63, 3.8) is 0 Å². The van der Waals surface area contributed by atoms with Gasteiger partial charge in [-0.2, -0.15) is 0 Å².